The molecule has 1 N–H and O–H groups in total. The van der Waals surface area contributed by atoms with Crippen LogP contribution in [0.4, 0.5) is 0 Å². The summed E-state index contributed by atoms with van der Waals surface area (Å²) in [6.45, 7) is 2.22. The van der Waals surface area contributed by atoms with Gasteiger partial charge in [0.1, 0.15) is 0 Å². The van der Waals surface area contributed by atoms with Crippen LogP contribution in [0.25, 0.3) is 0 Å². The first-order chi connectivity index (χ1) is 5.85. The lowest BCUT2D eigenvalue weighted by Crippen LogP contribution is -1.88. The summed E-state index contributed by atoms with van der Waals surface area (Å²) in [4.78, 5) is 5.69. The van der Waals surface area contributed by atoms with Crippen LogP contribution < -0.4 is 0 Å². The van der Waals surface area contributed by atoms with Crippen LogP contribution in [0.1, 0.15) is 41.3 Å². The lowest BCUT2D eigenvalue weighted by molar-refractivity contribution is 0.276. The molecule has 0 radical (unpaired) electrons. The molecular weight excluding hydrogens is 170 g/mol. The predicted molar refractivity (Wildman–Crippen MR) is 49.4 cm³/mol. The molecule has 1 heterocycles. The fraction of sp³-hybridized carbons (Fsp3) is 0.667. The van der Waals surface area contributed by atoms with Crippen molar-refractivity contribution in [2.45, 2.75) is 38.7 Å². The third-order valence-electron chi connectivity index (χ3n) is 2.19. The Morgan fingerprint density at radius 2 is 2.33 bits per heavy atom. The molecule has 1 fully saturated rings. The Morgan fingerprint density at radius 3 is 2.75 bits per heavy atom. The molecule has 66 valence electrons. The molecule has 1 aromatic heterocycles. The number of rotatable bonds is 3. The predicted octanol–water partition coefficient (Wildman–Crippen LogP) is 2.08. The molecule has 0 atom stereocenters. The molecule has 2 rings (SSSR count). The first-order valence-electron chi connectivity index (χ1n) is 4.44. The zero-order chi connectivity index (χ0) is 8.55. The van der Waals surface area contributed by atoms with Crippen LogP contribution in [0.3, 0.4) is 0 Å². The molecular formula is C9H13NOS. The summed E-state index contributed by atoms with van der Waals surface area (Å²) in [5, 5.41) is 10.3. The summed E-state index contributed by atoms with van der Waals surface area (Å²) < 4.78 is 0. The van der Waals surface area contributed by atoms with Gasteiger partial charge in [-0.15, -0.1) is 11.3 Å². The Bertz CT molecular complexity index is 257. The standard InChI is InChI=1S/C9H13NOS/c1-2-8-7(5-11)10-9(12-8)6-3-4-6/h6,11H,2-5H2,1H3. The Labute approximate surface area is 76.3 Å². The van der Waals surface area contributed by atoms with E-state index in [0.29, 0.717) is 0 Å². The Kier molecular flexibility index (Phi) is 2.15. The van der Waals surface area contributed by atoms with Crippen molar-refractivity contribution in [1.29, 1.82) is 0 Å². The lowest BCUT2D eigenvalue weighted by Gasteiger charge is -1.90. The van der Waals surface area contributed by atoms with Gasteiger partial charge >= 0.3 is 0 Å². The molecule has 0 spiro atoms. The molecule has 0 aliphatic heterocycles. The fourth-order valence-electron chi connectivity index (χ4n) is 1.31. The van der Waals surface area contributed by atoms with Crippen molar-refractivity contribution in [3.05, 3.63) is 15.6 Å². The minimum absolute atomic E-state index is 0.104. The average molecular weight is 183 g/mol. The molecule has 1 aromatic rings. The van der Waals surface area contributed by atoms with Gasteiger partial charge in [0, 0.05) is 10.8 Å². The topological polar surface area (TPSA) is 33.1 Å². The molecule has 2 nitrogen and oxygen atoms in total. The van der Waals surface area contributed by atoms with E-state index in [1.807, 2.05) is 0 Å². The molecule has 0 aromatic carbocycles. The maximum atomic E-state index is 9.01. The SMILES string of the molecule is CCc1sc(C2CC2)nc1CO. The third kappa shape index (κ3) is 1.39. The summed E-state index contributed by atoms with van der Waals surface area (Å²) in [6, 6.07) is 0. The maximum absolute atomic E-state index is 9.01. The van der Waals surface area contributed by atoms with Crippen molar-refractivity contribution < 1.29 is 5.11 Å². The van der Waals surface area contributed by atoms with Gasteiger partial charge < -0.3 is 5.11 Å². The molecule has 1 saturated carbocycles. The normalized spacial score (nSPS) is 16.8. The number of aliphatic hydroxyl groups excluding tert-OH is 1. The summed E-state index contributed by atoms with van der Waals surface area (Å²) in [7, 11) is 0. The van der Waals surface area contributed by atoms with E-state index in [0.717, 1.165) is 18.0 Å². The molecule has 0 amide bonds. The number of aliphatic hydroxyl groups is 1. The van der Waals surface area contributed by atoms with Crippen LogP contribution >= 0.6 is 11.3 Å². The first kappa shape index (κ1) is 8.20. The second-order valence-electron chi connectivity index (χ2n) is 3.21. The van der Waals surface area contributed by atoms with Crippen molar-refractivity contribution >= 4 is 11.3 Å². The number of hydrogen-bond acceptors (Lipinski definition) is 3. The van der Waals surface area contributed by atoms with Gasteiger partial charge in [0.25, 0.3) is 0 Å². The third-order valence-corrected chi connectivity index (χ3v) is 3.60. The van der Waals surface area contributed by atoms with Crippen LogP contribution in [0, 0.1) is 0 Å². The van der Waals surface area contributed by atoms with Gasteiger partial charge in [0.05, 0.1) is 17.3 Å². The molecule has 0 saturated heterocycles. The van der Waals surface area contributed by atoms with Crippen LogP contribution in [0.15, 0.2) is 0 Å². The van der Waals surface area contributed by atoms with Crippen LogP contribution in [-0.4, -0.2) is 10.1 Å². The van der Waals surface area contributed by atoms with Gasteiger partial charge in [-0.25, -0.2) is 4.98 Å². The number of nitrogens with zero attached hydrogens (tertiary/aromatic N) is 1. The van der Waals surface area contributed by atoms with Gasteiger partial charge in [0.15, 0.2) is 0 Å². The lowest BCUT2D eigenvalue weighted by atomic mass is 10.3. The summed E-state index contributed by atoms with van der Waals surface area (Å²) >= 11 is 1.78. The van der Waals surface area contributed by atoms with E-state index < -0.39 is 0 Å². The van der Waals surface area contributed by atoms with Crippen LogP contribution in [0.2, 0.25) is 0 Å². The largest absolute Gasteiger partial charge is 0.390 e. The highest BCUT2D eigenvalue weighted by Gasteiger charge is 2.27. The van der Waals surface area contributed by atoms with E-state index in [9.17, 15) is 0 Å². The highest BCUT2D eigenvalue weighted by atomic mass is 32.1. The van der Waals surface area contributed by atoms with Gasteiger partial charge in [-0.05, 0) is 19.3 Å². The van der Waals surface area contributed by atoms with Crippen molar-refractivity contribution in [1.82, 2.24) is 4.98 Å². The van der Waals surface area contributed by atoms with Crippen molar-refractivity contribution in [3.8, 4) is 0 Å². The van der Waals surface area contributed by atoms with Gasteiger partial charge in [-0.1, -0.05) is 6.92 Å². The molecule has 12 heavy (non-hydrogen) atoms. The number of hydrogen-bond donors (Lipinski definition) is 1. The number of aromatic nitrogens is 1. The van der Waals surface area contributed by atoms with E-state index in [4.69, 9.17) is 5.11 Å². The van der Waals surface area contributed by atoms with Crippen molar-refractivity contribution in [2.75, 3.05) is 0 Å². The highest BCUT2D eigenvalue weighted by molar-refractivity contribution is 7.11. The van der Waals surface area contributed by atoms with Crippen LogP contribution in [-0.2, 0) is 13.0 Å². The number of thiazole rings is 1. The Balaban J connectivity index is 2.27. The smallest absolute Gasteiger partial charge is 0.0963 e. The quantitative estimate of drug-likeness (QED) is 0.778. The van der Waals surface area contributed by atoms with E-state index in [2.05, 4.69) is 11.9 Å². The minimum Gasteiger partial charge on any atom is -0.390 e. The van der Waals surface area contributed by atoms with Gasteiger partial charge in [-0.3, -0.25) is 0 Å². The summed E-state index contributed by atoms with van der Waals surface area (Å²) in [6.07, 6.45) is 3.59. The van der Waals surface area contributed by atoms with E-state index >= 15 is 0 Å². The van der Waals surface area contributed by atoms with Crippen LogP contribution in [0.5, 0.6) is 0 Å². The maximum Gasteiger partial charge on any atom is 0.0963 e. The zero-order valence-corrected chi connectivity index (χ0v) is 8.02. The minimum atomic E-state index is 0.104. The average Bonchev–Trinajstić information content (AvgIpc) is 2.85. The first-order valence-corrected chi connectivity index (χ1v) is 5.26. The monoisotopic (exact) mass is 183 g/mol. The fourth-order valence-corrected chi connectivity index (χ4v) is 2.49. The van der Waals surface area contributed by atoms with E-state index in [-0.39, 0.29) is 6.61 Å². The van der Waals surface area contributed by atoms with E-state index in [1.165, 1.54) is 22.7 Å². The molecule has 0 bridgehead atoms. The molecule has 1 aliphatic carbocycles. The Morgan fingerprint density at radius 1 is 1.58 bits per heavy atom. The number of aryl methyl sites for hydroxylation is 1. The van der Waals surface area contributed by atoms with Crippen molar-refractivity contribution in [2.24, 2.45) is 0 Å². The molecule has 1 aliphatic rings. The summed E-state index contributed by atoms with van der Waals surface area (Å²) in [5.41, 5.74) is 0.907. The van der Waals surface area contributed by atoms with Gasteiger partial charge in [-0.2, -0.15) is 0 Å². The second-order valence-corrected chi connectivity index (χ2v) is 4.32. The van der Waals surface area contributed by atoms with E-state index in [1.54, 1.807) is 11.3 Å². The second kappa shape index (κ2) is 3.15. The Hall–Kier alpha value is -0.410. The zero-order valence-electron chi connectivity index (χ0n) is 7.21. The molecule has 3 heteroatoms. The van der Waals surface area contributed by atoms with Gasteiger partial charge in [0.2, 0.25) is 0 Å². The molecule has 0 unspecified atom stereocenters. The van der Waals surface area contributed by atoms with Crippen molar-refractivity contribution in [3.63, 3.8) is 0 Å². The highest BCUT2D eigenvalue weighted by Crippen LogP contribution is 2.42. The summed E-state index contributed by atoms with van der Waals surface area (Å²) in [5.74, 6) is 0.723.